The first-order valence-corrected chi connectivity index (χ1v) is 17.8. The van der Waals surface area contributed by atoms with E-state index in [4.69, 9.17) is 14.2 Å². The van der Waals surface area contributed by atoms with Crippen LogP contribution in [0.3, 0.4) is 0 Å². The number of aliphatic hydroxyl groups is 1. The predicted molar refractivity (Wildman–Crippen MR) is 192 cm³/mol. The van der Waals surface area contributed by atoms with E-state index < -0.39 is 29.8 Å². The Bertz CT molecular complexity index is 1170. The van der Waals surface area contributed by atoms with Crippen LogP contribution in [-0.4, -0.2) is 87.1 Å². The molecule has 0 aromatic heterocycles. The van der Waals surface area contributed by atoms with Gasteiger partial charge in [0.25, 0.3) is 11.8 Å². The van der Waals surface area contributed by atoms with Gasteiger partial charge < -0.3 is 40.6 Å². The minimum Gasteiger partial charge on any atom is -0.493 e. The van der Waals surface area contributed by atoms with Crippen molar-refractivity contribution in [3.8, 4) is 5.75 Å². The maximum absolute atomic E-state index is 13.5. The first-order chi connectivity index (χ1) is 23.0. The maximum Gasteiger partial charge on any atom is 0.407 e. The molecule has 280 valence electrons. The van der Waals surface area contributed by atoms with Gasteiger partial charge in [0.2, 0.25) is 5.91 Å². The Kier molecular flexibility index (Phi) is 19.9. The number of alkyl carbamates (subject to hydrolysis) is 1. The highest BCUT2D eigenvalue weighted by Crippen LogP contribution is 2.26. The van der Waals surface area contributed by atoms with Crippen LogP contribution >= 0.6 is 0 Å². The number of carbonyl (C=O) groups is 4. The second-order valence-electron chi connectivity index (χ2n) is 14.3. The van der Waals surface area contributed by atoms with Crippen molar-refractivity contribution in [1.29, 1.82) is 0 Å². The fourth-order valence-corrected chi connectivity index (χ4v) is 5.28. The Morgan fingerprint density at radius 1 is 0.898 bits per heavy atom. The van der Waals surface area contributed by atoms with E-state index in [1.807, 2.05) is 27.7 Å². The molecule has 1 aromatic carbocycles. The van der Waals surface area contributed by atoms with Crippen molar-refractivity contribution < 1.29 is 38.5 Å². The number of methoxy groups -OCH3 is 1. The summed E-state index contributed by atoms with van der Waals surface area (Å²) in [7, 11) is 3.17. The van der Waals surface area contributed by atoms with Gasteiger partial charge in [-0.1, -0.05) is 41.0 Å². The van der Waals surface area contributed by atoms with Crippen LogP contribution in [0, 0.1) is 23.7 Å². The van der Waals surface area contributed by atoms with E-state index >= 15 is 0 Å². The zero-order chi connectivity index (χ0) is 37.1. The van der Waals surface area contributed by atoms with E-state index in [1.165, 1.54) is 7.05 Å². The molecule has 0 saturated heterocycles. The quantitative estimate of drug-likeness (QED) is 0.105. The molecule has 4 amide bonds. The molecule has 0 saturated carbocycles. The molecule has 5 N–H and O–H groups in total. The fraction of sp³-hybridized carbons (Fsp3) is 0.730. The van der Waals surface area contributed by atoms with Crippen LogP contribution in [0.5, 0.6) is 5.75 Å². The number of nitrogens with one attached hydrogen (secondary N) is 4. The molecule has 4 atom stereocenters. The molecular weight excluding hydrogens is 628 g/mol. The second kappa shape index (κ2) is 22.4. The van der Waals surface area contributed by atoms with Gasteiger partial charge in [0, 0.05) is 45.3 Å². The molecule has 0 fully saturated rings. The predicted octanol–water partition coefficient (Wildman–Crippen LogP) is 5.08. The summed E-state index contributed by atoms with van der Waals surface area (Å²) in [5, 5.41) is 23.0. The van der Waals surface area contributed by atoms with Crippen molar-refractivity contribution in [2.24, 2.45) is 23.7 Å². The average Bonchev–Trinajstić information content (AvgIpc) is 3.02. The molecule has 0 bridgehead atoms. The Labute approximate surface area is 294 Å². The highest BCUT2D eigenvalue weighted by molar-refractivity contribution is 6.00. The van der Waals surface area contributed by atoms with Crippen LogP contribution in [0.4, 0.5) is 4.79 Å². The van der Waals surface area contributed by atoms with E-state index in [0.29, 0.717) is 49.5 Å². The van der Waals surface area contributed by atoms with Crippen molar-refractivity contribution in [2.75, 3.05) is 40.5 Å². The number of hydrogen-bond acceptors (Lipinski definition) is 8. The molecule has 0 spiro atoms. The lowest BCUT2D eigenvalue weighted by Crippen LogP contribution is -2.49. The van der Waals surface area contributed by atoms with Crippen LogP contribution in [-0.2, 0) is 14.3 Å². The van der Waals surface area contributed by atoms with Crippen LogP contribution in [0.2, 0.25) is 0 Å². The lowest BCUT2D eigenvalue weighted by Gasteiger charge is -2.33. The Morgan fingerprint density at radius 3 is 2.14 bits per heavy atom. The van der Waals surface area contributed by atoms with Gasteiger partial charge in [-0.25, -0.2) is 4.79 Å². The number of benzene rings is 1. The van der Waals surface area contributed by atoms with Gasteiger partial charge in [0.05, 0.1) is 24.3 Å². The molecule has 0 aliphatic carbocycles. The van der Waals surface area contributed by atoms with Crippen molar-refractivity contribution in [1.82, 2.24) is 21.3 Å². The molecule has 12 heteroatoms. The topological polar surface area (TPSA) is 164 Å². The zero-order valence-corrected chi connectivity index (χ0v) is 31.6. The summed E-state index contributed by atoms with van der Waals surface area (Å²) in [6.45, 7) is 17.0. The van der Waals surface area contributed by atoms with E-state index in [-0.39, 0.29) is 48.4 Å². The lowest BCUT2D eigenvalue weighted by atomic mass is 9.82. The van der Waals surface area contributed by atoms with Crippen LogP contribution in [0.25, 0.3) is 0 Å². The largest absolute Gasteiger partial charge is 0.493 e. The van der Waals surface area contributed by atoms with Gasteiger partial charge in [0.1, 0.15) is 11.4 Å². The minimum absolute atomic E-state index is 0.0372. The summed E-state index contributed by atoms with van der Waals surface area (Å²) in [5.41, 5.74) is -0.0873. The number of ether oxygens (including phenoxy) is 3. The molecular formula is C37H64N4O8. The van der Waals surface area contributed by atoms with Crippen molar-refractivity contribution >= 4 is 23.8 Å². The van der Waals surface area contributed by atoms with E-state index in [9.17, 15) is 24.3 Å². The maximum atomic E-state index is 13.5. The highest BCUT2D eigenvalue weighted by atomic mass is 16.6. The normalized spacial score (nSPS) is 14.1. The van der Waals surface area contributed by atoms with Gasteiger partial charge >= 0.3 is 6.09 Å². The summed E-state index contributed by atoms with van der Waals surface area (Å²) in [6.07, 6.45) is 2.06. The first-order valence-electron chi connectivity index (χ1n) is 17.8. The van der Waals surface area contributed by atoms with Gasteiger partial charge in [0.15, 0.2) is 0 Å². The minimum atomic E-state index is -1.05. The highest BCUT2D eigenvalue weighted by Gasteiger charge is 2.33. The summed E-state index contributed by atoms with van der Waals surface area (Å²) in [5.74, 6) is -1.10. The molecule has 0 heterocycles. The molecule has 12 nitrogen and oxygen atoms in total. The Morgan fingerprint density at radius 2 is 1.57 bits per heavy atom. The molecule has 0 aliphatic rings. The van der Waals surface area contributed by atoms with Gasteiger partial charge in [-0.05, 0) is 88.8 Å². The zero-order valence-electron chi connectivity index (χ0n) is 31.6. The van der Waals surface area contributed by atoms with Crippen molar-refractivity contribution in [3.63, 3.8) is 0 Å². The number of rotatable bonds is 22. The Hall–Kier alpha value is -3.38. The summed E-state index contributed by atoms with van der Waals surface area (Å²) >= 11 is 0. The van der Waals surface area contributed by atoms with Crippen LogP contribution in [0.1, 0.15) is 115 Å². The molecule has 1 rings (SSSR count). The van der Waals surface area contributed by atoms with Gasteiger partial charge in [-0.15, -0.1) is 0 Å². The smallest absolute Gasteiger partial charge is 0.407 e. The molecule has 0 unspecified atom stereocenters. The summed E-state index contributed by atoms with van der Waals surface area (Å²) in [4.78, 5) is 51.8. The number of unbranched alkanes of at least 4 members (excludes halogenated alkanes) is 2. The monoisotopic (exact) mass is 692 g/mol. The van der Waals surface area contributed by atoms with Gasteiger partial charge in [-0.2, -0.15) is 0 Å². The summed E-state index contributed by atoms with van der Waals surface area (Å²) < 4.78 is 16.6. The Balaban J connectivity index is 3.22. The first kappa shape index (κ1) is 43.6. The molecule has 0 aliphatic heterocycles. The standard InChI is InChI=1S/C37H64N4O8/c1-11-12-17-39-35(45)29(25(4)5)22-31(42)30(41-36(46)49-37(6,7)8)20-27(24(2)3)23-40-34(44)28-16-15-26(33(43)38-9)21-32(28)48-19-14-13-18-47-10/h15-16,21,24-25,27,29-31,42H,11-14,17-20,22-23H2,1-10H3,(H,38,43)(H,39,45)(H,40,44)(H,41,46)/t27-,29+,30+,31+/m1/s1. The van der Waals surface area contributed by atoms with E-state index in [0.717, 1.165) is 19.3 Å². The third-order valence-corrected chi connectivity index (χ3v) is 8.37. The third kappa shape index (κ3) is 16.7. The van der Waals surface area contributed by atoms with Crippen molar-refractivity contribution in [2.45, 2.75) is 112 Å². The fourth-order valence-electron chi connectivity index (χ4n) is 5.28. The third-order valence-electron chi connectivity index (χ3n) is 8.37. The SMILES string of the molecule is CCCCNC(=O)[C@@H](C[C@H](O)[C@H](C[C@H](CNC(=O)c1ccc(C(=O)NC)cc1OCCCCOC)C(C)C)NC(=O)OC(C)(C)C)C(C)C. The van der Waals surface area contributed by atoms with Gasteiger partial charge in [-0.3, -0.25) is 14.4 Å². The van der Waals surface area contributed by atoms with Crippen molar-refractivity contribution in [3.05, 3.63) is 29.3 Å². The number of hydrogen-bond donors (Lipinski definition) is 5. The molecule has 49 heavy (non-hydrogen) atoms. The number of amides is 4. The second-order valence-corrected chi connectivity index (χ2v) is 14.3. The number of carbonyl (C=O) groups excluding carboxylic acids is 4. The van der Waals surface area contributed by atoms with E-state index in [1.54, 1.807) is 46.1 Å². The van der Waals surface area contributed by atoms with Crippen LogP contribution < -0.4 is 26.0 Å². The van der Waals surface area contributed by atoms with E-state index in [2.05, 4.69) is 28.2 Å². The average molecular weight is 693 g/mol. The molecule has 0 radical (unpaired) electrons. The summed E-state index contributed by atoms with van der Waals surface area (Å²) in [6, 6.07) is 3.96. The lowest BCUT2D eigenvalue weighted by molar-refractivity contribution is -0.127. The molecule has 1 aromatic rings. The number of aliphatic hydroxyl groups excluding tert-OH is 1. The van der Waals surface area contributed by atoms with Crippen LogP contribution in [0.15, 0.2) is 18.2 Å².